The van der Waals surface area contributed by atoms with Gasteiger partial charge in [0.2, 0.25) is 0 Å². The lowest BCUT2D eigenvalue weighted by molar-refractivity contribution is 0.0601. The molecule has 0 fully saturated rings. The molecule has 0 saturated heterocycles. The molecule has 3 N–H and O–H groups in total. The van der Waals surface area contributed by atoms with Crippen molar-refractivity contribution in [1.29, 1.82) is 0 Å². The van der Waals surface area contributed by atoms with Gasteiger partial charge in [0.05, 0.1) is 18.5 Å². The molecule has 0 radical (unpaired) electrons. The molecule has 1 heterocycles. The van der Waals surface area contributed by atoms with Crippen molar-refractivity contribution in [3.63, 3.8) is 0 Å². The standard InChI is InChI=1S/C14H13FIN3O2/c1-21-14(20)10-4-3-9(7-17)18-13(10)19-12-5-2-8(16)6-11(12)15/h2-6H,7,17H2,1H3,(H,18,19). The lowest BCUT2D eigenvalue weighted by Crippen LogP contribution is -2.10. The number of hydrogen-bond donors (Lipinski definition) is 2. The minimum Gasteiger partial charge on any atom is -0.465 e. The molecule has 0 aliphatic rings. The quantitative estimate of drug-likeness (QED) is 0.609. The first kappa shape index (κ1) is 15.6. The average molecular weight is 401 g/mol. The first-order valence-corrected chi connectivity index (χ1v) is 7.13. The van der Waals surface area contributed by atoms with Crippen LogP contribution in [0.3, 0.4) is 0 Å². The Kier molecular flexibility index (Phi) is 5.07. The second-order valence-electron chi connectivity index (χ2n) is 4.14. The largest absolute Gasteiger partial charge is 0.465 e. The predicted molar refractivity (Wildman–Crippen MR) is 85.9 cm³/mol. The zero-order valence-electron chi connectivity index (χ0n) is 11.2. The number of benzene rings is 1. The summed E-state index contributed by atoms with van der Waals surface area (Å²) < 4.78 is 19.4. The number of nitrogens with zero attached hydrogens (tertiary/aromatic N) is 1. The van der Waals surface area contributed by atoms with E-state index in [2.05, 4.69) is 10.3 Å². The van der Waals surface area contributed by atoms with E-state index in [-0.39, 0.29) is 23.6 Å². The number of carbonyl (C=O) groups excluding carboxylic acids is 1. The van der Waals surface area contributed by atoms with Gasteiger partial charge < -0.3 is 15.8 Å². The highest BCUT2D eigenvalue weighted by Crippen LogP contribution is 2.24. The zero-order valence-corrected chi connectivity index (χ0v) is 13.3. The minimum atomic E-state index is -0.556. The van der Waals surface area contributed by atoms with E-state index in [1.807, 2.05) is 22.6 Å². The van der Waals surface area contributed by atoms with E-state index in [0.29, 0.717) is 5.69 Å². The summed E-state index contributed by atoms with van der Waals surface area (Å²) in [5.74, 6) is -0.776. The number of esters is 1. The van der Waals surface area contributed by atoms with Crippen LogP contribution in [0.2, 0.25) is 0 Å². The summed E-state index contributed by atoms with van der Waals surface area (Å²) in [7, 11) is 1.27. The Morgan fingerprint density at radius 3 is 2.81 bits per heavy atom. The van der Waals surface area contributed by atoms with Crippen LogP contribution in [0.4, 0.5) is 15.9 Å². The molecule has 2 rings (SSSR count). The molecule has 0 aliphatic heterocycles. The molecule has 5 nitrogen and oxygen atoms in total. The van der Waals surface area contributed by atoms with Gasteiger partial charge in [-0.05, 0) is 52.9 Å². The Morgan fingerprint density at radius 2 is 2.19 bits per heavy atom. The summed E-state index contributed by atoms with van der Waals surface area (Å²) in [6, 6.07) is 7.88. The molecule has 0 amide bonds. The van der Waals surface area contributed by atoms with Crippen LogP contribution in [0.15, 0.2) is 30.3 Å². The Hall–Kier alpha value is -1.74. The number of nitrogens with two attached hydrogens (primary N) is 1. The van der Waals surface area contributed by atoms with Crippen LogP contribution < -0.4 is 11.1 Å². The number of aromatic nitrogens is 1. The van der Waals surface area contributed by atoms with Crippen molar-refractivity contribution < 1.29 is 13.9 Å². The lowest BCUT2D eigenvalue weighted by atomic mass is 10.2. The molecular weight excluding hydrogens is 388 g/mol. The number of pyridine rings is 1. The number of anilines is 2. The van der Waals surface area contributed by atoms with Crippen LogP contribution in [-0.2, 0) is 11.3 Å². The van der Waals surface area contributed by atoms with Gasteiger partial charge in [0, 0.05) is 10.1 Å². The fourth-order valence-corrected chi connectivity index (χ4v) is 2.15. The maximum Gasteiger partial charge on any atom is 0.341 e. The number of carbonyl (C=O) groups is 1. The van der Waals surface area contributed by atoms with Gasteiger partial charge in [0.15, 0.2) is 0 Å². The van der Waals surface area contributed by atoms with Crippen LogP contribution in [0.5, 0.6) is 0 Å². The number of hydrogen-bond acceptors (Lipinski definition) is 5. The summed E-state index contributed by atoms with van der Waals surface area (Å²) in [6.07, 6.45) is 0. The minimum absolute atomic E-state index is 0.213. The first-order valence-electron chi connectivity index (χ1n) is 6.05. The van der Waals surface area contributed by atoms with Gasteiger partial charge in [0.25, 0.3) is 0 Å². The Balaban J connectivity index is 2.43. The van der Waals surface area contributed by atoms with Gasteiger partial charge in [-0.2, -0.15) is 0 Å². The van der Waals surface area contributed by atoms with Crippen LogP contribution >= 0.6 is 22.6 Å². The van der Waals surface area contributed by atoms with Crippen molar-refractivity contribution >= 4 is 40.1 Å². The molecule has 21 heavy (non-hydrogen) atoms. The highest BCUT2D eigenvalue weighted by Gasteiger charge is 2.15. The SMILES string of the molecule is COC(=O)c1ccc(CN)nc1Nc1ccc(I)cc1F. The number of methoxy groups -OCH3 is 1. The van der Waals surface area contributed by atoms with Gasteiger partial charge in [-0.1, -0.05) is 0 Å². The van der Waals surface area contributed by atoms with E-state index in [9.17, 15) is 9.18 Å². The summed E-state index contributed by atoms with van der Waals surface area (Å²) in [4.78, 5) is 15.9. The van der Waals surface area contributed by atoms with Crippen LogP contribution in [0.25, 0.3) is 0 Å². The summed E-state index contributed by atoms with van der Waals surface area (Å²) in [5, 5.41) is 2.81. The molecule has 0 aliphatic carbocycles. The Morgan fingerprint density at radius 1 is 1.43 bits per heavy atom. The fraction of sp³-hybridized carbons (Fsp3) is 0.143. The van der Waals surface area contributed by atoms with Crippen LogP contribution in [0, 0.1) is 9.39 Å². The Labute approximate surface area is 134 Å². The molecule has 0 atom stereocenters. The van der Waals surface area contributed by atoms with Gasteiger partial charge >= 0.3 is 5.97 Å². The number of ether oxygens (including phenoxy) is 1. The zero-order chi connectivity index (χ0) is 15.4. The van der Waals surface area contributed by atoms with Gasteiger partial charge in [0.1, 0.15) is 17.2 Å². The number of halogens is 2. The third-order valence-electron chi connectivity index (χ3n) is 2.75. The van der Waals surface area contributed by atoms with Crippen molar-refractivity contribution in [1.82, 2.24) is 4.98 Å². The maximum absolute atomic E-state index is 13.9. The molecule has 1 aromatic carbocycles. The topological polar surface area (TPSA) is 77.2 Å². The van der Waals surface area contributed by atoms with E-state index in [1.54, 1.807) is 24.3 Å². The summed E-state index contributed by atoms with van der Waals surface area (Å²) in [5.41, 5.74) is 6.56. The van der Waals surface area contributed by atoms with Crippen molar-refractivity contribution in [2.45, 2.75) is 6.54 Å². The summed E-state index contributed by atoms with van der Waals surface area (Å²) >= 11 is 2.01. The van der Waals surface area contributed by atoms with Gasteiger partial charge in [-0.3, -0.25) is 0 Å². The van der Waals surface area contributed by atoms with Crippen molar-refractivity contribution in [3.8, 4) is 0 Å². The Bertz CT molecular complexity index is 679. The van der Waals surface area contributed by atoms with E-state index in [1.165, 1.54) is 13.2 Å². The first-order chi connectivity index (χ1) is 10.0. The lowest BCUT2D eigenvalue weighted by Gasteiger charge is -2.12. The van der Waals surface area contributed by atoms with Crippen molar-refractivity contribution in [2.75, 3.05) is 12.4 Å². The van der Waals surface area contributed by atoms with E-state index < -0.39 is 11.8 Å². The van der Waals surface area contributed by atoms with Crippen LogP contribution in [-0.4, -0.2) is 18.1 Å². The molecule has 110 valence electrons. The number of rotatable bonds is 4. The van der Waals surface area contributed by atoms with E-state index >= 15 is 0 Å². The number of nitrogens with one attached hydrogen (secondary N) is 1. The van der Waals surface area contributed by atoms with Crippen LogP contribution in [0.1, 0.15) is 16.1 Å². The van der Waals surface area contributed by atoms with E-state index in [0.717, 1.165) is 3.57 Å². The predicted octanol–water partition coefficient (Wildman–Crippen LogP) is 2.81. The smallest absolute Gasteiger partial charge is 0.341 e. The second kappa shape index (κ2) is 6.81. The van der Waals surface area contributed by atoms with E-state index in [4.69, 9.17) is 10.5 Å². The summed E-state index contributed by atoms with van der Waals surface area (Å²) in [6.45, 7) is 0.214. The normalized spacial score (nSPS) is 10.3. The third kappa shape index (κ3) is 3.67. The average Bonchev–Trinajstić information content (AvgIpc) is 2.49. The molecule has 0 bridgehead atoms. The molecule has 0 unspecified atom stereocenters. The van der Waals surface area contributed by atoms with Gasteiger partial charge in [-0.15, -0.1) is 0 Å². The maximum atomic E-state index is 13.9. The van der Waals surface area contributed by atoms with Gasteiger partial charge in [-0.25, -0.2) is 14.2 Å². The molecule has 2 aromatic rings. The van der Waals surface area contributed by atoms with Crippen molar-refractivity contribution in [3.05, 3.63) is 51.0 Å². The third-order valence-corrected chi connectivity index (χ3v) is 3.42. The highest BCUT2D eigenvalue weighted by atomic mass is 127. The molecule has 0 spiro atoms. The molecular formula is C14H13FIN3O2. The highest BCUT2D eigenvalue weighted by molar-refractivity contribution is 14.1. The second-order valence-corrected chi connectivity index (χ2v) is 5.39. The molecule has 0 saturated carbocycles. The fourth-order valence-electron chi connectivity index (χ4n) is 1.70. The van der Waals surface area contributed by atoms with Crippen molar-refractivity contribution in [2.24, 2.45) is 5.73 Å². The monoisotopic (exact) mass is 401 g/mol. The molecule has 7 heteroatoms. The molecule has 1 aromatic heterocycles.